The quantitative estimate of drug-likeness (QED) is 0.837. The van der Waals surface area contributed by atoms with Gasteiger partial charge in [-0.05, 0) is 42.9 Å². The number of carbonyl (C=O) groups excluding carboxylic acids is 1. The van der Waals surface area contributed by atoms with E-state index in [4.69, 9.17) is 5.73 Å². The van der Waals surface area contributed by atoms with Crippen LogP contribution in [-0.2, 0) is 0 Å². The Morgan fingerprint density at radius 3 is 2.76 bits per heavy atom. The van der Waals surface area contributed by atoms with Gasteiger partial charge in [0.05, 0.1) is 11.4 Å². The van der Waals surface area contributed by atoms with Gasteiger partial charge in [-0.15, -0.1) is 0 Å². The second-order valence-electron chi connectivity index (χ2n) is 6.52. The van der Waals surface area contributed by atoms with Gasteiger partial charge in [0.1, 0.15) is 0 Å². The van der Waals surface area contributed by atoms with Crippen LogP contribution in [0.25, 0.3) is 0 Å². The van der Waals surface area contributed by atoms with E-state index < -0.39 is 0 Å². The Morgan fingerprint density at radius 2 is 2.14 bits per heavy atom. The largest absolute Gasteiger partial charge is 0.397 e. The van der Waals surface area contributed by atoms with Crippen LogP contribution in [0, 0.1) is 11.8 Å². The van der Waals surface area contributed by atoms with Crippen LogP contribution in [0.1, 0.15) is 43.0 Å². The van der Waals surface area contributed by atoms with Crippen molar-refractivity contribution in [3.63, 3.8) is 0 Å². The lowest BCUT2D eigenvalue weighted by Crippen LogP contribution is -2.22. The van der Waals surface area contributed by atoms with Crippen molar-refractivity contribution >= 4 is 17.3 Å². The molecule has 1 fully saturated rings. The number of amides is 1. The van der Waals surface area contributed by atoms with E-state index in [1.807, 2.05) is 12.1 Å². The molecule has 1 aromatic rings. The molecule has 0 spiro atoms. The maximum Gasteiger partial charge on any atom is 0.253 e. The molecular weight excluding hydrogens is 262 g/mol. The van der Waals surface area contributed by atoms with Crippen LogP contribution in [0.5, 0.6) is 0 Å². The Labute approximate surface area is 127 Å². The monoisotopic (exact) mass is 289 g/mol. The Morgan fingerprint density at radius 1 is 1.38 bits per heavy atom. The third kappa shape index (κ3) is 4.13. The average molecular weight is 289 g/mol. The van der Waals surface area contributed by atoms with E-state index in [1.54, 1.807) is 25.1 Å². The minimum atomic E-state index is -0.0191. The number of nitrogens with zero attached hydrogens (tertiary/aromatic N) is 1. The molecule has 1 aromatic carbocycles. The predicted molar refractivity (Wildman–Crippen MR) is 88.5 cm³/mol. The van der Waals surface area contributed by atoms with Crippen LogP contribution in [0.2, 0.25) is 0 Å². The van der Waals surface area contributed by atoms with Gasteiger partial charge in [0.25, 0.3) is 5.91 Å². The van der Waals surface area contributed by atoms with E-state index in [9.17, 15) is 4.79 Å². The lowest BCUT2D eigenvalue weighted by molar-refractivity contribution is 0.0827. The Kier molecular flexibility index (Phi) is 5.10. The SMILES string of the molecule is CC1CCCC(CNc2ccc(C(=O)N(C)C)cc2N)C1. The van der Waals surface area contributed by atoms with E-state index >= 15 is 0 Å². The number of hydrogen-bond donors (Lipinski definition) is 2. The highest BCUT2D eigenvalue weighted by Gasteiger charge is 2.19. The van der Waals surface area contributed by atoms with Crippen molar-refractivity contribution in [2.24, 2.45) is 11.8 Å². The second kappa shape index (κ2) is 6.83. The van der Waals surface area contributed by atoms with Gasteiger partial charge in [-0.3, -0.25) is 4.79 Å². The number of carbonyl (C=O) groups is 1. The maximum atomic E-state index is 11.9. The van der Waals surface area contributed by atoms with Gasteiger partial charge in [0.2, 0.25) is 0 Å². The summed E-state index contributed by atoms with van der Waals surface area (Å²) in [7, 11) is 3.49. The van der Waals surface area contributed by atoms with Gasteiger partial charge in [-0.2, -0.15) is 0 Å². The molecule has 1 aliphatic rings. The molecule has 4 nitrogen and oxygen atoms in total. The van der Waals surface area contributed by atoms with Crippen molar-refractivity contribution in [1.82, 2.24) is 4.90 Å². The van der Waals surface area contributed by atoms with Crippen molar-refractivity contribution in [3.05, 3.63) is 23.8 Å². The number of rotatable bonds is 4. The van der Waals surface area contributed by atoms with Crippen molar-refractivity contribution < 1.29 is 4.79 Å². The first-order valence-electron chi connectivity index (χ1n) is 7.82. The Balaban J connectivity index is 1.96. The van der Waals surface area contributed by atoms with E-state index in [-0.39, 0.29) is 5.91 Å². The summed E-state index contributed by atoms with van der Waals surface area (Å²) in [5.74, 6) is 1.55. The van der Waals surface area contributed by atoms with Gasteiger partial charge in [0.15, 0.2) is 0 Å². The summed E-state index contributed by atoms with van der Waals surface area (Å²) in [5, 5.41) is 3.45. The van der Waals surface area contributed by atoms with E-state index in [0.717, 1.165) is 24.1 Å². The molecule has 1 saturated carbocycles. The number of nitrogens with two attached hydrogens (primary N) is 1. The van der Waals surface area contributed by atoms with E-state index in [2.05, 4.69) is 12.2 Å². The first-order chi connectivity index (χ1) is 9.97. The van der Waals surface area contributed by atoms with Crippen LogP contribution >= 0.6 is 0 Å². The number of nitrogen functional groups attached to an aromatic ring is 1. The number of hydrogen-bond acceptors (Lipinski definition) is 3. The Hall–Kier alpha value is -1.71. The normalized spacial score (nSPS) is 21.9. The molecule has 1 amide bonds. The van der Waals surface area contributed by atoms with Crippen LogP contribution in [0.15, 0.2) is 18.2 Å². The summed E-state index contributed by atoms with van der Waals surface area (Å²) >= 11 is 0. The topological polar surface area (TPSA) is 58.4 Å². The molecule has 3 N–H and O–H groups in total. The summed E-state index contributed by atoms with van der Waals surface area (Å²) in [6.45, 7) is 3.30. The summed E-state index contributed by atoms with van der Waals surface area (Å²) in [6.07, 6.45) is 5.29. The smallest absolute Gasteiger partial charge is 0.253 e. The molecule has 1 aliphatic carbocycles. The van der Waals surface area contributed by atoms with Crippen molar-refractivity contribution in [1.29, 1.82) is 0 Å². The lowest BCUT2D eigenvalue weighted by Gasteiger charge is -2.27. The van der Waals surface area contributed by atoms with Crippen LogP contribution in [0.4, 0.5) is 11.4 Å². The fourth-order valence-electron chi connectivity index (χ4n) is 3.11. The highest BCUT2D eigenvalue weighted by atomic mass is 16.2. The molecule has 21 heavy (non-hydrogen) atoms. The molecule has 0 heterocycles. The first kappa shape index (κ1) is 15.7. The third-order valence-corrected chi connectivity index (χ3v) is 4.33. The second-order valence-corrected chi connectivity index (χ2v) is 6.52. The molecule has 4 heteroatoms. The molecule has 0 radical (unpaired) electrons. The zero-order chi connectivity index (χ0) is 15.4. The molecule has 116 valence electrons. The number of anilines is 2. The predicted octanol–water partition coefficient (Wildman–Crippen LogP) is 3.21. The highest BCUT2D eigenvalue weighted by Crippen LogP contribution is 2.29. The van der Waals surface area contributed by atoms with E-state index in [0.29, 0.717) is 11.3 Å². The van der Waals surface area contributed by atoms with Crippen LogP contribution in [0.3, 0.4) is 0 Å². The summed E-state index contributed by atoms with van der Waals surface area (Å²) in [5.41, 5.74) is 8.28. The minimum absolute atomic E-state index is 0.0191. The van der Waals surface area contributed by atoms with Crippen molar-refractivity contribution in [3.8, 4) is 0 Å². The standard InChI is InChI=1S/C17H27N3O/c1-12-5-4-6-13(9-12)11-19-16-8-7-14(10-15(16)18)17(21)20(2)3/h7-8,10,12-13,19H,4-6,9,11,18H2,1-3H3. The lowest BCUT2D eigenvalue weighted by atomic mass is 9.82. The highest BCUT2D eigenvalue weighted by molar-refractivity contribution is 5.95. The van der Waals surface area contributed by atoms with Crippen LogP contribution in [-0.4, -0.2) is 31.4 Å². The van der Waals surface area contributed by atoms with Gasteiger partial charge in [0, 0.05) is 26.2 Å². The molecule has 0 aromatic heterocycles. The zero-order valence-electron chi connectivity index (χ0n) is 13.4. The van der Waals surface area contributed by atoms with Gasteiger partial charge in [-0.25, -0.2) is 0 Å². The summed E-state index contributed by atoms with van der Waals surface area (Å²) < 4.78 is 0. The van der Waals surface area contributed by atoms with Crippen LogP contribution < -0.4 is 11.1 Å². The summed E-state index contributed by atoms with van der Waals surface area (Å²) in [4.78, 5) is 13.5. The number of benzene rings is 1. The summed E-state index contributed by atoms with van der Waals surface area (Å²) in [6, 6.07) is 5.51. The molecule has 0 bridgehead atoms. The minimum Gasteiger partial charge on any atom is -0.397 e. The first-order valence-corrected chi connectivity index (χ1v) is 7.82. The molecule has 2 unspecified atom stereocenters. The third-order valence-electron chi connectivity index (χ3n) is 4.33. The van der Waals surface area contributed by atoms with Crippen molar-refractivity contribution in [2.45, 2.75) is 32.6 Å². The maximum absolute atomic E-state index is 11.9. The molecular formula is C17H27N3O. The molecule has 2 atom stereocenters. The van der Waals surface area contributed by atoms with E-state index in [1.165, 1.54) is 25.7 Å². The Bertz CT molecular complexity index is 499. The van der Waals surface area contributed by atoms with Gasteiger partial charge < -0.3 is 16.0 Å². The molecule has 0 saturated heterocycles. The number of nitrogens with one attached hydrogen (secondary N) is 1. The fourth-order valence-corrected chi connectivity index (χ4v) is 3.11. The molecule has 2 rings (SSSR count). The van der Waals surface area contributed by atoms with Crippen molar-refractivity contribution in [2.75, 3.05) is 31.7 Å². The van der Waals surface area contributed by atoms with Gasteiger partial charge in [-0.1, -0.05) is 19.8 Å². The fraction of sp³-hybridized carbons (Fsp3) is 0.588. The molecule has 0 aliphatic heterocycles. The van der Waals surface area contributed by atoms with Gasteiger partial charge >= 0.3 is 0 Å². The average Bonchev–Trinajstić information content (AvgIpc) is 2.45. The zero-order valence-corrected chi connectivity index (χ0v) is 13.4.